The summed E-state index contributed by atoms with van der Waals surface area (Å²) < 4.78 is 0.866. The fraction of sp³-hybridized carbons (Fsp3) is 0.143. The Hall–Kier alpha value is -1.10. The van der Waals surface area contributed by atoms with Crippen molar-refractivity contribution in [1.82, 2.24) is 4.98 Å². The Morgan fingerprint density at radius 3 is 3.08 bits per heavy atom. The largest absolute Gasteiger partial charge is 0.480 e. The van der Waals surface area contributed by atoms with E-state index >= 15 is 0 Å². The van der Waals surface area contributed by atoms with E-state index in [0.29, 0.717) is 5.82 Å². The van der Waals surface area contributed by atoms with Crippen LogP contribution in [0.15, 0.2) is 22.8 Å². The Morgan fingerprint density at radius 1 is 1.75 bits per heavy atom. The van der Waals surface area contributed by atoms with E-state index in [0.717, 1.165) is 4.47 Å². The van der Waals surface area contributed by atoms with E-state index in [1.807, 2.05) is 0 Å². The van der Waals surface area contributed by atoms with Gasteiger partial charge in [-0.2, -0.15) is 0 Å². The van der Waals surface area contributed by atoms with Crippen molar-refractivity contribution in [1.29, 1.82) is 0 Å². The summed E-state index contributed by atoms with van der Waals surface area (Å²) in [5, 5.41) is 11.0. The van der Waals surface area contributed by atoms with Gasteiger partial charge in [-0.05, 0) is 12.1 Å². The molecular weight excluding hydrogens is 224 g/mol. The minimum Gasteiger partial charge on any atom is -0.480 e. The molecule has 0 aliphatic heterocycles. The van der Waals surface area contributed by atoms with Crippen LogP contribution in [0.25, 0.3) is 0 Å². The summed E-state index contributed by atoms with van der Waals surface area (Å²) in [4.78, 5) is 14.1. The van der Waals surface area contributed by atoms with Gasteiger partial charge in [-0.15, -0.1) is 0 Å². The van der Waals surface area contributed by atoms with Crippen molar-refractivity contribution in [2.75, 3.05) is 11.9 Å². The highest BCUT2D eigenvalue weighted by molar-refractivity contribution is 9.10. The zero-order valence-electron chi connectivity index (χ0n) is 6.12. The van der Waals surface area contributed by atoms with E-state index in [9.17, 15) is 4.79 Å². The Bertz CT molecular complexity index is 290. The van der Waals surface area contributed by atoms with Gasteiger partial charge in [-0.25, -0.2) is 4.98 Å². The van der Waals surface area contributed by atoms with Crippen LogP contribution in [0.4, 0.5) is 5.82 Å². The van der Waals surface area contributed by atoms with Crippen LogP contribution in [0.3, 0.4) is 0 Å². The summed E-state index contributed by atoms with van der Waals surface area (Å²) in [5.41, 5.74) is 0. The maximum Gasteiger partial charge on any atom is 0.322 e. The molecular formula is C7H7BrN2O2. The smallest absolute Gasteiger partial charge is 0.322 e. The first-order chi connectivity index (χ1) is 5.68. The number of carboxylic acid groups (broad SMARTS) is 1. The predicted molar refractivity (Wildman–Crippen MR) is 48.1 cm³/mol. The molecule has 1 heterocycles. The molecule has 12 heavy (non-hydrogen) atoms. The molecule has 4 nitrogen and oxygen atoms in total. The quantitative estimate of drug-likeness (QED) is 0.823. The van der Waals surface area contributed by atoms with Crippen LogP contribution in [0.1, 0.15) is 0 Å². The van der Waals surface area contributed by atoms with Gasteiger partial charge in [0, 0.05) is 10.7 Å². The van der Waals surface area contributed by atoms with Crippen molar-refractivity contribution in [3.8, 4) is 0 Å². The summed E-state index contributed by atoms with van der Waals surface area (Å²) in [6, 6.07) is 3.48. The van der Waals surface area contributed by atoms with Crippen LogP contribution in [-0.2, 0) is 4.79 Å². The number of hydrogen-bond acceptors (Lipinski definition) is 3. The second kappa shape index (κ2) is 4.06. The first kappa shape index (κ1) is 8.99. The van der Waals surface area contributed by atoms with Gasteiger partial charge in [0.15, 0.2) is 0 Å². The number of halogens is 1. The molecule has 5 heteroatoms. The third kappa shape index (κ3) is 2.87. The van der Waals surface area contributed by atoms with E-state index in [-0.39, 0.29) is 6.54 Å². The average Bonchev–Trinajstić information content (AvgIpc) is 2.01. The van der Waals surface area contributed by atoms with Crippen molar-refractivity contribution < 1.29 is 9.90 Å². The van der Waals surface area contributed by atoms with Crippen molar-refractivity contribution in [3.63, 3.8) is 0 Å². The molecule has 0 fully saturated rings. The molecule has 0 saturated heterocycles. The Kier molecular flexibility index (Phi) is 3.04. The first-order valence-electron chi connectivity index (χ1n) is 3.25. The molecule has 0 aliphatic rings. The Morgan fingerprint density at radius 2 is 2.50 bits per heavy atom. The fourth-order valence-electron chi connectivity index (χ4n) is 0.668. The Balaban J connectivity index is 2.57. The highest BCUT2D eigenvalue weighted by Crippen LogP contribution is 2.11. The molecule has 0 atom stereocenters. The molecule has 0 unspecified atom stereocenters. The second-order valence-corrected chi connectivity index (χ2v) is 3.02. The summed E-state index contributed by atoms with van der Waals surface area (Å²) in [5.74, 6) is -0.358. The van der Waals surface area contributed by atoms with E-state index in [2.05, 4.69) is 26.2 Å². The first-order valence-corrected chi connectivity index (χ1v) is 4.05. The maximum absolute atomic E-state index is 10.2. The lowest BCUT2D eigenvalue weighted by Crippen LogP contribution is -2.12. The normalized spacial score (nSPS) is 9.42. The van der Waals surface area contributed by atoms with Gasteiger partial charge < -0.3 is 10.4 Å². The third-order valence-corrected chi connectivity index (χ3v) is 1.64. The van der Waals surface area contributed by atoms with Crippen LogP contribution in [0.2, 0.25) is 0 Å². The van der Waals surface area contributed by atoms with Crippen LogP contribution in [-0.4, -0.2) is 22.6 Å². The van der Waals surface area contributed by atoms with E-state index in [4.69, 9.17) is 5.11 Å². The highest BCUT2D eigenvalue weighted by Gasteiger charge is 1.97. The van der Waals surface area contributed by atoms with Gasteiger partial charge in [-0.1, -0.05) is 15.9 Å². The molecule has 0 bridgehead atoms. The van der Waals surface area contributed by atoms with Crippen LogP contribution >= 0.6 is 15.9 Å². The van der Waals surface area contributed by atoms with Crippen molar-refractivity contribution in [3.05, 3.63) is 22.8 Å². The van der Waals surface area contributed by atoms with Gasteiger partial charge in [0.05, 0.1) is 0 Å². The molecule has 0 aliphatic carbocycles. The monoisotopic (exact) mass is 230 g/mol. The van der Waals surface area contributed by atoms with Crippen LogP contribution in [0, 0.1) is 0 Å². The highest BCUT2D eigenvalue weighted by atomic mass is 79.9. The fourth-order valence-corrected chi connectivity index (χ4v) is 1.00. The van der Waals surface area contributed by atoms with Crippen LogP contribution < -0.4 is 5.32 Å². The van der Waals surface area contributed by atoms with Crippen molar-refractivity contribution in [2.24, 2.45) is 0 Å². The number of anilines is 1. The second-order valence-electron chi connectivity index (χ2n) is 2.11. The van der Waals surface area contributed by atoms with Gasteiger partial charge >= 0.3 is 5.97 Å². The van der Waals surface area contributed by atoms with E-state index in [1.165, 1.54) is 0 Å². The number of carbonyl (C=O) groups is 1. The molecule has 2 N–H and O–H groups in total. The van der Waals surface area contributed by atoms with Gasteiger partial charge in [0.2, 0.25) is 0 Å². The molecule has 0 spiro atoms. The number of nitrogens with one attached hydrogen (secondary N) is 1. The molecule has 0 amide bonds. The average molecular weight is 231 g/mol. The molecule has 1 aromatic rings. The summed E-state index contributed by atoms with van der Waals surface area (Å²) in [6.07, 6.45) is 1.59. The lowest BCUT2D eigenvalue weighted by Gasteiger charge is -2.00. The third-order valence-electron chi connectivity index (χ3n) is 1.14. The van der Waals surface area contributed by atoms with Gasteiger partial charge in [0.25, 0.3) is 0 Å². The predicted octanol–water partition coefficient (Wildman–Crippen LogP) is 1.34. The van der Waals surface area contributed by atoms with Gasteiger partial charge in [0.1, 0.15) is 12.4 Å². The standard InChI is InChI=1S/C7H7BrN2O2/c8-5-1-2-9-6(3-5)10-4-7(11)12/h1-3H,4H2,(H,9,10)(H,11,12). The number of nitrogens with zero attached hydrogens (tertiary/aromatic N) is 1. The molecule has 1 aromatic heterocycles. The van der Waals surface area contributed by atoms with Gasteiger partial charge in [-0.3, -0.25) is 4.79 Å². The zero-order valence-corrected chi connectivity index (χ0v) is 7.71. The SMILES string of the molecule is O=C(O)CNc1cc(Br)ccn1. The number of carboxylic acids is 1. The van der Waals surface area contributed by atoms with E-state index < -0.39 is 5.97 Å². The minimum absolute atomic E-state index is 0.122. The number of pyridine rings is 1. The summed E-state index contributed by atoms with van der Waals surface area (Å²) in [7, 11) is 0. The molecule has 1 rings (SSSR count). The molecule has 0 radical (unpaired) electrons. The van der Waals surface area contributed by atoms with Crippen molar-refractivity contribution >= 4 is 27.7 Å². The molecule has 64 valence electrons. The number of hydrogen-bond donors (Lipinski definition) is 2. The summed E-state index contributed by atoms with van der Waals surface area (Å²) >= 11 is 3.24. The van der Waals surface area contributed by atoms with E-state index in [1.54, 1.807) is 18.3 Å². The molecule has 0 aromatic carbocycles. The topological polar surface area (TPSA) is 62.2 Å². The summed E-state index contributed by atoms with van der Waals surface area (Å²) in [6.45, 7) is -0.122. The minimum atomic E-state index is -0.906. The van der Waals surface area contributed by atoms with Crippen LogP contribution in [0.5, 0.6) is 0 Å². The number of aliphatic carboxylic acids is 1. The zero-order chi connectivity index (χ0) is 8.97. The Labute approximate surface area is 77.8 Å². The number of aromatic nitrogens is 1. The maximum atomic E-state index is 10.2. The number of rotatable bonds is 3. The lowest BCUT2D eigenvalue weighted by atomic mass is 10.4. The molecule has 0 saturated carbocycles. The van der Waals surface area contributed by atoms with Crippen molar-refractivity contribution in [2.45, 2.75) is 0 Å². The lowest BCUT2D eigenvalue weighted by molar-refractivity contribution is -0.134.